The second-order valence-electron chi connectivity index (χ2n) is 5.15. The van der Waals surface area contributed by atoms with Gasteiger partial charge < -0.3 is 4.40 Å². The molecule has 1 aromatic carbocycles. The minimum absolute atomic E-state index is 0.966. The van der Waals surface area contributed by atoms with Crippen LogP contribution in [0.25, 0.3) is 28.2 Å². The Morgan fingerprint density at radius 2 is 1.61 bits per heavy atom. The molecule has 0 aliphatic heterocycles. The molecule has 1 N–H and O–H groups in total. The third-order valence-electron chi connectivity index (χ3n) is 3.59. The fourth-order valence-corrected chi connectivity index (χ4v) is 2.48. The summed E-state index contributed by atoms with van der Waals surface area (Å²) in [6.45, 7) is 6.08. The fraction of sp³-hybridized carbons (Fsp3) is 0.158. The van der Waals surface area contributed by atoms with Crippen molar-refractivity contribution >= 4 is 5.65 Å². The molecule has 0 unspecified atom stereocenters. The summed E-state index contributed by atoms with van der Waals surface area (Å²) >= 11 is 0. The Hall–Kier alpha value is -2.88. The predicted octanol–water partition coefficient (Wildman–Crippen LogP) is 4.73. The number of hydrogen-bond acceptors (Lipinski definition) is 2. The molecular formula is C19H20N4. The van der Waals surface area contributed by atoms with E-state index < -0.39 is 0 Å². The van der Waals surface area contributed by atoms with Gasteiger partial charge in [0.1, 0.15) is 5.65 Å². The van der Waals surface area contributed by atoms with Crippen LogP contribution in [0.5, 0.6) is 0 Å². The molecule has 0 spiro atoms. The standard InChI is InChI=1S/C17H14N4.C2H6/c1-12-2-7-17-19-16(11-21(17)10-12)14-5-3-13(4-6-14)15-8-9-18-20-15;1-2/h2-11H,1H3,(H,18,20);1-2H3. The third kappa shape index (κ3) is 3.01. The van der Waals surface area contributed by atoms with Crippen molar-refractivity contribution in [1.82, 2.24) is 19.6 Å². The lowest BCUT2D eigenvalue weighted by atomic mass is 10.1. The maximum atomic E-state index is 4.66. The Kier molecular flexibility index (Phi) is 4.24. The van der Waals surface area contributed by atoms with Crippen LogP contribution < -0.4 is 0 Å². The average Bonchev–Trinajstić information content (AvgIpc) is 3.26. The van der Waals surface area contributed by atoms with E-state index in [4.69, 9.17) is 0 Å². The largest absolute Gasteiger partial charge is 0.306 e. The average molecular weight is 304 g/mol. The van der Waals surface area contributed by atoms with Crippen LogP contribution in [0.4, 0.5) is 0 Å². The minimum atomic E-state index is 0.966. The summed E-state index contributed by atoms with van der Waals surface area (Å²) in [7, 11) is 0. The van der Waals surface area contributed by atoms with Crippen LogP contribution in [0.1, 0.15) is 19.4 Å². The smallest absolute Gasteiger partial charge is 0.137 e. The molecule has 0 radical (unpaired) electrons. The van der Waals surface area contributed by atoms with Crippen LogP contribution in [-0.4, -0.2) is 19.6 Å². The first-order valence-corrected chi connectivity index (χ1v) is 7.85. The summed E-state index contributed by atoms with van der Waals surface area (Å²) in [6, 6.07) is 14.4. The van der Waals surface area contributed by atoms with Gasteiger partial charge in [-0.1, -0.05) is 44.2 Å². The van der Waals surface area contributed by atoms with Crippen molar-refractivity contribution in [3.63, 3.8) is 0 Å². The molecule has 4 heteroatoms. The van der Waals surface area contributed by atoms with Crippen LogP contribution in [-0.2, 0) is 0 Å². The van der Waals surface area contributed by atoms with Gasteiger partial charge in [0.05, 0.1) is 11.4 Å². The summed E-state index contributed by atoms with van der Waals surface area (Å²) in [4.78, 5) is 4.66. The summed E-state index contributed by atoms with van der Waals surface area (Å²) in [6.07, 6.45) is 5.91. The van der Waals surface area contributed by atoms with E-state index in [-0.39, 0.29) is 0 Å². The van der Waals surface area contributed by atoms with Gasteiger partial charge in [0.25, 0.3) is 0 Å². The molecule has 0 saturated heterocycles. The fourth-order valence-electron chi connectivity index (χ4n) is 2.48. The zero-order valence-electron chi connectivity index (χ0n) is 13.6. The first-order chi connectivity index (χ1) is 11.3. The number of nitrogens with one attached hydrogen (secondary N) is 1. The molecule has 0 atom stereocenters. The number of rotatable bonds is 2. The lowest BCUT2D eigenvalue weighted by molar-refractivity contribution is 1.10. The van der Waals surface area contributed by atoms with Crippen molar-refractivity contribution in [2.24, 2.45) is 0 Å². The molecule has 0 aliphatic carbocycles. The summed E-state index contributed by atoms with van der Waals surface area (Å²) in [5.41, 5.74) is 6.42. The number of hydrogen-bond donors (Lipinski definition) is 1. The zero-order chi connectivity index (χ0) is 16.2. The van der Waals surface area contributed by atoms with E-state index >= 15 is 0 Å². The molecule has 0 bridgehead atoms. The van der Waals surface area contributed by atoms with Crippen LogP contribution >= 0.6 is 0 Å². The van der Waals surface area contributed by atoms with E-state index in [0.717, 1.165) is 28.2 Å². The normalized spacial score (nSPS) is 10.4. The van der Waals surface area contributed by atoms with E-state index in [1.54, 1.807) is 6.20 Å². The van der Waals surface area contributed by atoms with Crippen LogP contribution in [0.2, 0.25) is 0 Å². The second kappa shape index (κ2) is 6.48. The van der Waals surface area contributed by atoms with Crippen molar-refractivity contribution in [1.29, 1.82) is 0 Å². The highest BCUT2D eigenvalue weighted by Crippen LogP contribution is 2.23. The van der Waals surface area contributed by atoms with Gasteiger partial charge in [0.15, 0.2) is 0 Å². The monoisotopic (exact) mass is 304 g/mol. The molecule has 4 nitrogen and oxygen atoms in total. The van der Waals surface area contributed by atoms with E-state index in [1.165, 1.54) is 5.56 Å². The first kappa shape index (κ1) is 15.0. The Morgan fingerprint density at radius 3 is 2.30 bits per heavy atom. The van der Waals surface area contributed by atoms with Gasteiger partial charge in [0.2, 0.25) is 0 Å². The van der Waals surface area contributed by atoms with Gasteiger partial charge in [-0.15, -0.1) is 0 Å². The van der Waals surface area contributed by atoms with Gasteiger partial charge in [-0.05, 0) is 30.2 Å². The molecule has 23 heavy (non-hydrogen) atoms. The molecule has 3 aromatic heterocycles. The van der Waals surface area contributed by atoms with Gasteiger partial charge in [-0.3, -0.25) is 5.10 Å². The van der Waals surface area contributed by atoms with Crippen molar-refractivity contribution in [3.05, 3.63) is 66.6 Å². The Labute approximate surface area is 135 Å². The van der Waals surface area contributed by atoms with Crippen molar-refractivity contribution < 1.29 is 0 Å². The Morgan fingerprint density at radius 1 is 0.870 bits per heavy atom. The molecule has 0 aliphatic rings. The second-order valence-corrected chi connectivity index (χ2v) is 5.15. The molecule has 4 rings (SSSR count). The molecule has 3 heterocycles. The number of fused-ring (bicyclic) bond motifs is 1. The van der Waals surface area contributed by atoms with Crippen LogP contribution in [0.15, 0.2) is 61.1 Å². The zero-order valence-corrected chi connectivity index (χ0v) is 13.6. The topological polar surface area (TPSA) is 46.0 Å². The van der Waals surface area contributed by atoms with Crippen LogP contribution in [0, 0.1) is 6.92 Å². The van der Waals surface area contributed by atoms with E-state index in [1.807, 2.05) is 26.0 Å². The molecule has 0 fully saturated rings. The number of imidazole rings is 1. The maximum Gasteiger partial charge on any atom is 0.137 e. The molecule has 0 saturated carbocycles. The van der Waals surface area contributed by atoms with Gasteiger partial charge in [-0.25, -0.2) is 4.98 Å². The van der Waals surface area contributed by atoms with Gasteiger partial charge in [-0.2, -0.15) is 5.10 Å². The molecule has 0 amide bonds. The quantitative estimate of drug-likeness (QED) is 0.582. The lowest BCUT2D eigenvalue weighted by Crippen LogP contribution is -1.82. The number of aryl methyl sites for hydroxylation is 1. The summed E-state index contributed by atoms with van der Waals surface area (Å²) in [5, 5.41) is 6.95. The van der Waals surface area contributed by atoms with Gasteiger partial charge >= 0.3 is 0 Å². The lowest BCUT2D eigenvalue weighted by Gasteiger charge is -1.99. The number of aromatic amines is 1. The molecular weight excluding hydrogens is 284 g/mol. The van der Waals surface area contributed by atoms with Crippen molar-refractivity contribution in [2.75, 3.05) is 0 Å². The van der Waals surface area contributed by atoms with E-state index in [0.29, 0.717) is 0 Å². The molecule has 4 aromatic rings. The number of aromatic nitrogens is 4. The highest BCUT2D eigenvalue weighted by molar-refractivity contribution is 5.68. The highest BCUT2D eigenvalue weighted by atomic mass is 15.1. The van der Waals surface area contributed by atoms with Crippen molar-refractivity contribution in [2.45, 2.75) is 20.8 Å². The number of H-pyrrole nitrogens is 1. The highest BCUT2D eigenvalue weighted by Gasteiger charge is 2.05. The Balaban J connectivity index is 0.000000753. The number of nitrogens with zero attached hydrogens (tertiary/aromatic N) is 3. The molecule has 116 valence electrons. The third-order valence-corrected chi connectivity index (χ3v) is 3.59. The number of benzene rings is 1. The van der Waals surface area contributed by atoms with E-state index in [2.05, 4.69) is 69.2 Å². The summed E-state index contributed by atoms with van der Waals surface area (Å²) < 4.78 is 2.06. The maximum absolute atomic E-state index is 4.66. The Bertz CT molecular complexity index is 887. The SMILES string of the molecule is CC.Cc1ccc2nc(-c3ccc(-c4ccn[nH]4)cc3)cn2c1. The van der Waals surface area contributed by atoms with Gasteiger partial charge in [0, 0.05) is 24.2 Å². The predicted molar refractivity (Wildman–Crippen MR) is 94.3 cm³/mol. The van der Waals surface area contributed by atoms with Crippen LogP contribution in [0.3, 0.4) is 0 Å². The first-order valence-electron chi connectivity index (χ1n) is 7.85. The summed E-state index contributed by atoms with van der Waals surface area (Å²) in [5.74, 6) is 0. The minimum Gasteiger partial charge on any atom is -0.306 e. The van der Waals surface area contributed by atoms with E-state index in [9.17, 15) is 0 Å². The number of pyridine rings is 1. The van der Waals surface area contributed by atoms with Crippen molar-refractivity contribution in [3.8, 4) is 22.5 Å².